The first kappa shape index (κ1) is 29.6. The number of hydrogen-bond acceptors (Lipinski definition) is 7. The molecule has 5 heterocycles. The van der Waals surface area contributed by atoms with E-state index in [1.807, 2.05) is 79.4 Å². The summed E-state index contributed by atoms with van der Waals surface area (Å²) in [4.78, 5) is 33.6. The Morgan fingerprint density at radius 2 is 0.654 bits per heavy atom. The van der Waals surface area contributed by atoms with Crippen LogP contribution in [0.25, 0.3) is 100 Å². The van der Waals surface area contributed by atoms with Gasteiger partial charge in [0, 0.05) is 63.0 Å². The van der Waals surface area contributed by atoms with Crippen molar-refractivity contribution in [3.8, 4) is 56.4 Å². The summed E-state index contributed by atoms with van der Waals surface area (Å²) >= 11 is 0. The third kappa shape index (κ3) is 5.11. The molecule has 5 aromatic carbocycles. The monoisotopic (exact) mass is 665 g/mol. The Kier molecular flexibility index (Phi) is 6.99. The van der Waals surface area contributed by atoms with Gasteiger partial charge in [0.2, 0.25) is 0 Å². The normalized spacial score (nSPS) is 11.5. The molecular weight excluding hydrogens is 639 g/mol. The second kappa shape index (κ2) is 12.3. The maximum Gasteiger partial charge on any atom is 0.164 e. The quantitative estimate of drug-likeness (QED) is 0.169. The van der Waals surface area contributed by atoms with Crippen LogP contribution in [-0.4, -0.2) is 34.9 Å². The van der Waals surface area contributed by atoms with Crippen molar-refractivity contribution in [2.45, 2.75) is 0 Å². The largest absolute Gasteiger partial charge is 0.254 e. The van der Waals surface area contributed by atoms with Crippen molar-refractivity contribution >= 4 is 43.6 Å². The second-order valence-electron chi connectivity index (χ2n) is 12.6. The summed E-state index contributed by atoms with van der Waals surface area (Å²) in [5.74, 6) is 1.83. The molecule has 7 nitrogen and oxygen atoms in total. The molecule has 5 aromatic heterocycles. The van der Waals surface area contributed by atoms with Gasteiger partial charge in [-0.25, -0.2) is 15.0 Å². The summed E-state index contributed by atoms with van der Waals surface area (Å²) in [6.07, 6.45) is 7.27. The summed E-state index contributed by atoms with van der Waals surface area (Å²) in [5.41, 5.74) is 10.7. The van der Waals surface area contributed by atoms with E-state index in [-0.39, 0.29) is 0 Å². The first-order valence-electron chi connectivity index (χ1n) is 17.0. The van der Waals surface area contributed by atoms with Crippen molar-refractivity contribution in [3.05, 3.63) is 164 Å². The topological polar surface area (TPSA) is 90.2 Å². The van der Waals surface area contributed by atoms with Crippen LogP contribution in [0.4, 0.5) is 0 Å². The van der Waals surface area contributed by atoms with Gasteiger partial charge in [-0.15, -0.1) is 0 Å². The molecule has 0 N–H and O–H groups in total. The fourth-order valence-corrected chi connectivity index (χ4v) is 6.98. The van der Waals surface area contributed by atoms with Gasteiger partial charge in [0.15, 0.2) is 17.5 Å². The third-order valence-corrected chi connectivity index (χ3v) is 9.50. The van der Waals surface area contributed by atoms with E-state index in [4.69, 9.17) is 24.9 Å². The first-order chi connectivity index (χ1) is 25.8. The highest BCUT2D eigenvalue weighted by molar-refractivity contribution is 6.11. The number of aromatic nitrogens is 7. The highest BCUT2D eigenvalue weighted by Crippen LogP contribution is 2.36. The number of benzene rings is 5. The smallest absolute Gasteiger partial charge is 0.164 e. The molecule has 10 aromatic rings. The maximum atomic E-state index is 5.03. The molecular formula is C45H27N7. The summed E-state index contributed by atoms with van der Waals surface area (Å²) in [5, 5.41) is 4.22. The lowest BCUT2D eigenvalue weighted by molar-refractivity contribution is 1.07. The predicted octanol–water partition coefficient (Wildman–Crippen LogP) is 10.4. The molecule has 0 saturated heterocycles. The van der Waals surface area contributed by atoms with Crippen LogP contribution in [-0.2, 0) is 0 Å². The van der Waals surface area contributed by atoms with Crippen molar-refractivity contribution < 1.29 is 0 Å². The van der Waals surface area contributed by atoms with Gasteiger partial charge in [0.1, 0.15) is 0 Å². The minimum Gasteiger partial charge on any atom is -0.254 e. The number of rotatable bonds is 5. The molecule has 0 radical (unpaired) electrons. The first-order valence-corrected chi connectivity index (χ1v) is 17.0. The molecule has 0 atom stereocenters. The zero-order chi connectivity index (χ0) is 34.4. The van der Waals surface area contributed by atoms with E-state index in [1.54, 1.807) is 0 Å². The van der Waals surface area contributed by atoms with Gasteiger partial charge < -0.3 is 0 Å². The molecule has 0 aliphatic rings. The number of fused-ring (bicyclic) bond motifs is 6. The Hall–Kier alpha value is -7.25. The van der Waals surface area contributed by atoms with Crippen molar-refractivity contribution in [2.75, 3.05) is 0 Å². The van der Waals surface area contributed by atoms with E-state index >= 15 is 0 Å². The number of hydrogen-bond donors (Lipinski definition) is 0. The SMILES string of the molecule is c1ccc(-c2nc(-c3ccc(-c4cc5cccnc5c5ncccc45)cc3)nc(-c3ccc(-c4cc5cccnc5c5ncccc45)cc3)n2)cc1. The molecule has 7 heteroatoms. The lowest BCUT2D eigenvalue weighted by Gasteiger charge is -2.12. The Bertz CT molecular complexity index is 2760. The Morgan fingerprint density at radius 3 is 1.10 bits per heavy atom. The lowest BCUT2D eigenvalue weighted by Crippen LogP contribution is -2.00. The van der Waals surface area contributed by atoms with Crippen LogP contribution in [0.1, 0.15) is 0 Å². The van der Waals surface area contributed by atoms with Crippen LogP contribution in [0, 0.1) is 0 Å². The van der Waals surface area contributed by atoms with Crippen LogP contribution in [0.3, 0.4) is 0 Å². The lowest BCUT2D eigenvalue weighted by atomic mass is 9.96. The molecule has 242 valence electrons. The van der Waals surface area contributed by atoms with Gasteiger partial charge in [-0.2, -0.15) is 0 Å². The standard InChI is InChI=1S/C45H27N7/c1-2-8-30(9-3-1)43-50-44(31-18-14-28(15-19-31)37-26-33-10-4-22-46-39(33)41-35(37)12-6-24-48-41)52-45(51-43)32-20-16-29(17-21-32)38-27-34-11-5-23-47-40(34)42-36(38)13-7-25-49-42/h1-27H. The summed E-state index contributed by atoms with van der Waals surface area (Å²) in [6.45, 7) is 0. The maximum absolute atomic E-state index is 5.03. The zero-order valence-electron chi connectivity index (χ0n) is 27.7. The Morgan fingerprint density at radius 1 is 0.288 bits per heavy atom. The Labute approximate surface area is 298 Å². The van der Waals surface area contributed by atoms with Crippen molar-refractivity contribution in [1.29, 1.82) is 0 Å². The minimum absolute atomic E-state index is 0.604. The molecule has 0 aliphatic carbocycles. The van der Waals surface area contributed by atoms with Gasteiger partial charge in [-0.05, 0) is 58.7 Å². The minimum atomic E-state index is 0.604. The number of pyridine rings is 4. The fraction of sp³-hybridized carbons (Fsp3) is 0. The van der Waals surface area contributed by atoms with E-state index in [0.717, 1.165) is 82.6 Å². The van der Waals surface area contributed by atoms with Crippen LogP contribution in [0.2, 0.25) is 0 Å². The molecule has 0 saturated carbocycles. The molecule has 0 bridgehead atoms. The van der Waals surface area contributed by atoms with Crippen LogP contribution >= 0.6 is 0 Å². The highest BCUT2D eigenvalue weighted by atomic mass is 15.0. The molecule has 10 rings (SSSR count). The average Bonchev–Trinajstić information content (AvgIpc) is 3.23. The molecule has 0 amide bonds. The predicted molar refractivity (Wildman–Crippen MR) is 208 cm³/mol. The molecule has 52 heavy (non-hydrogen) atoms. The van der Waals surface area contributed by atoms with Gasteiger partial charge in [0.05, 0.1) is 22.1 Å². The summed E-state index contributed by atoms with van der Waals surface area (Å²) in [7, 11) is 0. The van der Waals surface area contributed by atoms with E-state index in [2.05, 4.69) is 94.9 Å². The summed E-state index contributed by atoms with van der Waals surface area (Å²) < 4.78 is 0. The number of nitrogens with zero attached hydrogens (tertiary/aromatic N) is 7. The van der Waals surface area contributed by atoms with E-state index in [9.17, 15) is 0 Å². The third-order valence-electron chi connectivity index (χ3n) is 9.50. The average molecular weight is 666 g/mol. The molecule has 0 aliphatic heterocycles. The van der Waals surface area contributed by atoms with Crippen molar-refractivity contribution in [2.24, 2.45) is 0 Å². The molecule has 0 fully saturated rings. The molecule has 0 unspecified atom stereocenters. The van der Waals surface area contributed by atoms with Crippen LogP contribution < -0.4 is 0 Å². The van der Waals surface area contributed by atoms with Crippen LogP contribution in [0.5, 0.6) is 0 Å². The Balaban J connectivity index is 1.06. The van der Waals surface area contributed by atoms with Crippen molar-refractivity contribution in [1.82, 2.24) is 34.9 Å². The van der Waals surface area contributed by atoms with Gasteiger partial charge in [-0.3, -0.25) is 19.9 Å². The van der Waals surface area contributed by atoms with Gasteiger partial charge in [0.25, 0.3) is 0 Å². The second-order valence-corrected chi connectivity index (χ2v) is 12.6. The van der Waals surface area contributed by atoms with Crippen LogP contribution in [0.15, 0.2) is 164 Å². The van der Waals surface area contributed by atoms with E-state index in [1.165, 1.54) is 0 Å². The van der Waals surface area contributed by atoms with E-state index in [0.29, 0.717) is 17.5 Å². The molecule has 0 spiro atoms. The zero-order valence-corrected chi connectivity index (χ0v) is 27.7. The highest BCUT2D eigenvalue weighted by Gasteiger charge is 2.16. The van der Waals surface area contributed by atoms with E-state index < -0.39 is 0 Å². The van der Waals surface area contributed by atoms with Crippen molar-refractivity contribution in [3.63, 3.8) is 0 Å². The van der Waals surface area contributed by atoms with Gasteiger partial charge in [-0.1, -0.05) is 103 Å². The summed E-state index contributed by atoms with van der Waals surface area (Å²) in [6, 6.07) is 47.4. The van der Waals surface area contributed by atoms with Gasteiger partial charge >= 0.3 is 0 Å². The fourth-order valence-electron chi connectivity index (χ4n) is 6.98.